The second-order valence-electron chi connectivity index (χ2n) is 2.64. The van der Waals surface area contributed by atoms with E-state index in [-0.39, 0.29) is 29.6 Å². The van der Waals surface area contributed by atoms with E-state index in [1.54, 1.807) is 0 Å². The van der Waals surface area contributed by atoms with Crippen LogP contribution < -0.4 is 5.32 Å². The molecule has 2 rings (SSSR count). The average Bonchev–Trinajstić information content (AvgIpc) is 2.19. The van der Waals surface area contributed by atoms with E-state index in [2.05, 4.69) is 20.3 Å². The molecule has 0 bridgehead atoms. The van der Waals surface area contributed by atoms with Gasteiger partial charge >= 0.3 is 0 Å². The van der Waals surface area contributed by atoms with Gasteiger partial charge in [0.2, 0.25) is 10.7 Å². The molecule has 15 heavy (non-hydrogen) atoms. The number of anilines is 2. The van der Waals surface area contributed by atoms with Crippen molar-refractivity contribution in [2.24, 2.45) is 0 Å². The van der Waals surface area contributed by atoms with Crippen molar-refractivity contribution in [3.8, 4) is 0 Å². The van der Waals surface area contributed by atoms with Crippen LogP contribution in [-0.2, 0) is 0 Å². The second kappa shape index (κ2) is 5.97. The van der Waals surface area contributed by atoms with Crippen LogP contribution in [0.2, 0.25) is 0 Å². The van der Waals surface area contributed by atoms with Gasteiger partial charge in [-0.2, -0.15) is 0 Å². The minimum Gasteiger partial charge on any atom is -0.326 e. The summed E-state index contributed by atoms with van der Waals surface area (Å²) in [5.74, 6) is 0.594. The number of nitrogens with one attached hydrogen (secondary N) is 2. The smallest absolute Gasteiger partial charge is 0.208 e. The molecule has 0 saturated carbocycles. The fourth-order valence-electron chi connectivity index (χ4n) is 1.03. The molecule has 1 aromatic carbocycles. The summed E-state index contributed by atoms with van der Waals surface area (Å²) in [6, 6.07) is 9.72. The van der Waals surface area contributed by atoms with Gasteiger partial charge in [-0.25, -0.2) is 9.97 Å². The van der Waals surface area contributed by atoms with Crippen LogP contribution in [0.3, 0.4) is 0 Å². The number of benzene rings is 1. The van der Waals surface area contributed by atoms with Crippen molar-refractivity contribution in [2.75, 3.05) is 5.32 Å². The number of H-pyrrole nitrogens is 1. The Labute approximate surface area is 114 Å². The summed E-state index contributed by atoms with van der Waals surface area (Å²) in [5.41, 5.74) is 0.955. The van der Waals surface area contributed by atoms with Crippen molar-refractivity contribution < 1.29 is 0 Å². The molecule has 0 atom stereocenters. The van der Waals surface area contributed by atoms with E-state index in [1.807, 2.05) is 30.3 Å². The van der Waals surface area contributed by atoms with Crippen LogP contribution in [0.25, 0.3) is 0 Å². The second-order valence-corrected chi connectivity index (χ2v) is 3.03. The largest absolute Gasteiger partial charge is 0.326 e. The Balaban J connectivity index is 0.00000112. The van der Waals surface area contributed by atoms with Crippen LogP contribution in [0.5, 0.6) is 0 Å². The van der Waals surface area contributed by atoms with E-state index in [1.165, 1.54) is 6.33 Å². The van der Waals surface area contributed by atoms with Crippen molar-refractivity contribution in [1.29, 1.82) is 0 Å². The molecular weight excluding hydrogens is 219 g/mol. The third-order valence-corrected chi connectivity index (χ3v) is 1.83. The third-order valence-electron chi connectivity index (χ3n) is 1.62. The maximum atomic E-state index is 4.87. The fourth-order valence-corrected chi connectivity index (χ4v) is 1.17. The van der Waals surface area contributed by atoms with Gasteiger partial charge in [0.25, 0.3) is 0 Å². The first-order chi connectivity index (χ1) is 6.84. The molecule has 0 aliphatic heterocycles. The van der Waals surface area contributed by atoms with E-state index >= 15 is 0 Å². The summed E-state index contributed by atoms with van der Waals surface area (Å²) >= 11 is 4.87. The molecule has 0 aliphatic rings. The van der Waals surface area contributed by atoms with Crippen molar-refractivity contribution in [1.82, 2.24) is 15.0 Å². The molecule has 2 N–H and O–H groups in total. The molecule has 0 unspecified atom stereocenters. The first-order valence-electron chi connectivity index (χ1n) is 4.08. The number of aromatic nitrogens is 3. The molecular formula is C9H8N4NaS. The van der Waals surface area contributed by atoms with Crippen molar-refractivity contribution in [3.63, 3.8) is 0 Å². The van der Waals surface area contributed by atoms with E-state index in [0.717, 1.165) is 5.69 Å². The summed E-state index contributed by atoms with van der Waals surface area (Å²) in [6.45, 7) is 0. The first-order valence-corrected chi connectivity index (χ1v) is 4.49. The Hall–Kier alpha value is -0.750. The average molecular weight is 227 g/mol. The Kier molecular flexibility index (Phi) is 4.90. The zero-order chi connectivity index (χ0) is 9.80. The Morgan fingerprint density at radius 2 is 1.87 bits per heavy atom. The third kappa shape index (κ3) is 3.71. The van der Waals surface area contributed by atoms with Crippen molar-refractivity contribution in [3.05, 3.63) is 41.4 Å². The number of nitrogens with zero attached hydrogens (tertiary/aromatic N) is 2. The zero-order valence-electron chi connectivity index (χ0n) is 8.27. The zero-order valence-corrected chi connectivity index (χ0v) is 11.1. The Morgan fingerprint density at radius 3 is 2.53 bits per heavy atom. The number of hydrogen-bond donors (Lipinski definition) is 2. The quantitative estimate of drug-likeness (QED) is 0.607. The van der Waals surface area contributed by atoms with Gasteiger partial charge in [-0.05, 0) is 24.4 Å². The van der Waals surface area contributed by atoms with Crippen LogP contribution in [0.15, 0.2) is 36.7 Å². The van der Waals surface area contributed by atoms with Gasteiger partial charge in [0.15, 0.2) is 0 Å². The molecule has 1 aromatic heterocycles. The Bertz CT molecular complexity index is 471. The number of rotatable bonds is 2. The van der Waals surface area contributed by atoms with E-state index in [9.17, 15) is 0 Å². The summed E-state index contributed by atoms with van der Waals surface area (Å²) in [5, 5.41) is 3.07. The summed E-state index contributed by atoms with van der Waals surface area (Å²) in [7, 11) is 0. The maximum Gasteiger partial charge on any atom is 0.208 e. The van der Waals surface area contributed by atoms with Crippen LogP contribution in [0.4, 0.5) is 11.6 Å². The van der Waals surface area contributed by atoms with Gasteiger partial charge in [0.05, 0.1) is 0 Å². The molecule has 0 spiro atoms. The summed E-state index contributed by atoms with van der Waals surface area (Å²) in [6.07, 6.45) is 1.42. The molecule has 0 fully saturated rings. The van der Waals surface area contributed by atoms with Crippen LogP contribution in [-0.4, -0.2) is 44.5 Å². The maximum absolute atomic E-state index is 4.87. The van der Waals surface area contributed by atoms with Gasteiger partial charge < -0.3 is 10.3 Å². The van der Waals surface area contributed by atoms with Gasteiger partial charge in [-0.3, -0.25) is 0 Å². The molecule has 2 aromatic rings. The van der Waals surface area contributed by atoms with E-state index < -0.39 is 0 Å². The minimum atomic E-state index is 0. The standard InChI is InChI=1S/C9H8N4S.Na/c14-9-11-6-10-8(13-9)12-7-4-2-1-3-5-7;/h1-6H,(H2,10,11,12,13,14);. The molecule has 1 heterocycles. The number of hydrogen-bond acceptors (Lipinski definition) is 4. The monoisotopic (exact) mass is 227 g/mol. The van der Waals surface area contributed by atoms with Gasteiger partial charge in [0.1, 0.15) is 6.33 Å². The summed E-state index contributed by atoms with van der Waals surface area (Å²) in [4.78, 5) is 10.6. The van der Waals surface area contributed by atoms with Gasteiger partial charge in [0, 0.05) is 35.2 Å². The molecule has 1 radical (unpaired) electrons. The predicted octanol–water partition coefficient (Wildman–Crippen LogP) is 1.90. The van der Waals surface area contributed by atoms with Gasteiger partial charge in [-0.1, -0.05) is 18.2 Å². The van der Waals surface area contributed by atoms with Crippen LogP contribution >= 0.6 is 12.2 Å². The van der Waals surface area contributed by atoms with E-state index in [0.29, 0.717) is 10.7 Å². The van der Waals surface area contributed by atoms with Crippen LogP contribution in [0, 0.1) is 4.77 Å². The van der Waals surface area contributed by atoms with Crippen molar-refractivity contribution >= 4 is 53.4 Å². The SMILES string of the molecule is S=c1ncnc(Nc2ccccc2)[nH]1.[Na]. The first kappa shape index (κ1) is 12.3. The summed E-state index contributed by atoms with van der Waals surface area (Å²) < 4.78 is 0.415. The minimum absolute atomic E-state index is 0. The molecule has 6 heteroatoms. The van der Waals surface area contributed by atoms with Gasteiger partial charge in [-0.15, -0.1) is 0 Å². The molecule has 71 valence electrons. The normalized spacial score (nSPS) is 9.07. The molecule has 0 saturated heterocycles. The fraction of sp³-hybridized carbons (Fsp3) is 0. The number of para-hydroxylation sites is 1. The molecule has 0 aliphatic carbocycles. The molecule has 0 amide bonds. The predicted molar refractivity (Wildman–Crippen MR) is 62.7 cm³/mol. The van der Waals surface area contributed by atoms with E-state index in [4.69, 9.17) is 12.2 Å². The van der Waals surface area contributed by atoms with Crippen molar-refractivity contribution in [2.45, 2.75) is 0 Å². The molecule has 4 nitrogen and oxygen atoms in total. The number of aromatic amines is 1. The topological polar surface area (TPSA) is 53.6 Å². The van der Waals surface area contributed by atoms with Crippen LogP contribution in [0.1, 0.15) is 0 Å². The Morgan fingerprint density at radius 1 is 1.13 bits per heavy atom.